The van der Waals surface area contributed by atoms with Gasteiger partial charge in [-0.25, -0.2) is 0 Å². The minimum Gasteiger partial charge on any atom is -0.369 e. The first-order chi connectivity index (χ1) is 10.1. The molecule has 21 heavy (non-hydrogen) atoms. The number of rotatable bonds is 9. The second-order valence-electron chi connectivity index (χ2n) is 6.43. The first-order valence-corrected chi connectivity index (χ1v) is 8.78. The lowest BCUT2D eigenvalue weighted by molar-refractivity contribution is 0.625. The van der Waals surface area contributed by atoms with E-state index >= 15 is 0 Å². The number of benzene rings is 1. The average Bonchev–Trinajstić information content (AvgIpc) is 3.26. The predicted molar refractivity (Wildman–Crippen MR) is 93.3 cm³/mol. The summed E-state index contributed by atoms with van der Waals surface area (Å²) in [4.78, 5) is 2.46. The van der Waals surface area contributed by atoms with Crippen LogP contribution < -0.4 is 10.2 Å². The van der Waals surface area contributed by atoms with Gasteiger partial charge in [0.15, 0.2) is 0 Å². The van der Waals surface area contributed by atoms with E-state index in [9.17, 15) is 0 Å². The zero-order chi connectivity index (χ0) is 15.2. The van der Waals surface area contributed by atoms with Crippen molar-refractivity contribution in [3.05, 3.63) is 28.8 Å². The molecule has 1 fully saturated rings. The van der Waals surface area contributed by atoms with Crippen molar-refractivity contribution in [2.24, 2.45) is 0 Å². The summed E-state index contributed by atoms with van der Waals surface area (Å²) in [5, 5.41) is 4.42. The summed E-state index contributed by atoms with van der Waals surface area (Å²) < 4.78 is 0. The predicted octanol–water partition coefficient (Wildman–Crippen LogP) is 5.00. The normalized spacial score (nSPS) is 14.7. The Morgan fingerprint density at radius 1 is 1.29 bits per heavy atom. The maximum absolute atomic E-state index is 6.48. The number of hydrogen-bond donors (Lipinski definition) is 1. The van der Waals surface area contributed by atoms with Crippen molar-refractivity contribution in [1.82, 2.24) is 5.32 Å². The van der Waals surface area contributed by atoms with Crippen molar-refractivity contribution in [1.29, 1.82) is 0 Å². The van der Waals surface area contributed by atoms with Crippen molar-refractivity contribution in [2.45, 2.75) is 71.5 Å². The van der Waals surface area contributed by atoms with Gasteiger partial charge in [0, 0.05) is 35.9 Å². The average molecular weight is 309 g/mol. The van der Waals surface area contributed by atoms with Crippen LogP contribution >= 0.6 is 11.6 Å². The van der Waals surface area contributed by atoms with Crippen LogP contribution in [-0.2, 0) is 6.54 Å². The van der Waals surface area contributed by atoms with Crippen LogP contribution in [0.25, 0.3) is 0 Å². The molecule has 0 saturated heterocycles. The molecule has 1 aliphatic rings. The minimum absolute atomic E-state index is 0.508. The highest BCUT2D eigenvalue weighted by Crippen LogP contribution is 2.27. The fraction of sp³-hybridized carbons (Fsp3) is 0.667. The third-order valence-corrected chi connectivity index (χ3v) is 4.50. The molecule has 118 valence electrons. The zero-order valence-electron chi connectivity index (χ0n) is 13.7. The Bertz CT molecular complexity index is 441. The lowest BCUT2D eigenvalue weighted by Crippen LogP contribution is -2.31. The standard InChI is InChI=1S/C18H29ClN2/c1-4-5-6-11-21(14(2)3)17-10-7-15(18(19)12-17)13-20-16-8-9-16/h7,10,12,14,16,20H,4-6,8-9,11,13H2,1-3H3. The highest BCUT2D eigenvalue weighted by molar-refractivity contribution is 6.31. The maximum atomic E-state index is 6.48. The number of hydrogen-bond acceptors (Lipinski definition) is 2. The summed E-state index contributed by atoms with van der Waals surface area (Å²) in [6, 6.07) is 7.77. The van der Waals surface area contributed by atoms with E-state index in [0.717, 1.165) is 24.2 Å². The highest BCUT2D eigenvalue weighted by Gasteiger charge is 2.20. The van der Waals surface area contributed by atoms with E-state index in [1.165, 1.54) is 43.4 Å². The van der Waals surface area contributed by atoms with Gasteiger partial charge in [0.1, 0.15) is 0 Å². The minimum atomic E-state index is 0.508. The van der Waals surface area contributed by atoms with Crippen LogP contribution in [0.15, 0.2) is 18.2 Å². The van der Waals surface area contributed by atoms with Crippen molar-refractivity contribution < 1.29 is 0 Å². The van der Waals surface area contributed by atoms with E-state index < -0.39 is 0 Å². The molecular weight excluding hydrogens is 280 g/mol. The quantitative estimate of drug-likeness (QED) is 0.646. The van der Waals surface area contributed by atoms with Gasteiger partial charge < -0.3 is 10.2 Å². The first-order valence-electron chi connectivity index (χ1n) is 8.40. The highest BCUT2D eigenvalue weighted by atomic mass is 35.5. The van der Waals surface area contributed by atoms with E-state index in [4.69, 9.17) is 11.6 Å². The molecule has 0 radical (unpaired) electrons. The van der Waals surface area contributed by atoms with Crippen LogP contribution in [0, 0.1) is 0 Å². The Hall–Kier alpha value is -0.730. The van der Waals surface area contributed by atoms with Crippen molar-refractivity contribution in [3.8, 4) is 0 Å². The zero-order valence-corrected chi connectivity index (χ0v) is 14.4. The van der Waals surface area contributed by atoms with Crippen LogP contribution in [0.1, 0.15) is 58.4 Å². The molecule has 2 nitrogen and oxygen atoms in total. The number of anilines is 1. The van der Waals surface area contributed by atoms with Gasteiger partial charge in [0.25, 0.3) is 0 Å². The van der Waals surface area contributed by atoms with Crippen LogP contribution in [0.4, 0.5) is 5.69 Å². The van der Waals surface area contributed by atoms with Crippen LogP contribution in [0.5, 0.6) is 0 Å². The maximum Gasteiger partial charge on any atom is 0.0471 e. The van der Waals surface area contributed by atoms with Gasteiger partial charge in [-0.05, 0) is 50.8 Å². The second kappa shape index (κ2) is 8.05. The molecule has 2 rings (SSSR count). The molecule has 1 N–H and O–H groups in total. The van der Waals surface area contributed by atoms with Crippen LogP contribution in [-0.4, -0.2) is 18.6 Å². The molecular formula is C18H29ClN2. The molecule has 1 aromatic rings. The third kappa shape index (κ3) is 5.19. The van der Waals surface area contributed by atoms with E-state index in [1.54, 1.807) is 0 Å². The Morgan fingerprint density at radius 3 is 2.62 bits per heavy atom. The number of nitrogens with zero attached hydrogens (tertiary/aromatic N) is 1. The SMILES string of the molecule is CCCCCN(c1ccc(CNC2CC2)c(Cl)c1)C(C)C. The molecule has 1 aromatic carbocycles. The van der Waals surface area contributed by atoms with Crippen molar-refractivity contribution >= 4 is 17.3 Å². The van der Waals surface area contributed by atoms with Gasteiger partial charge in [-0.2, -0.15) is 0 Å². The lowest BCUT2D eigenvalue weighted by Gasteiger charge is -2.29. The Kier molecular flexibility index (Phi) is 6.38. The number of halogens is 1. The van der Waals surface area contributed by atoms with Gasteiger partial charge >= 0.3 is 0 Å². The molecule has 1 saturated carbocycles. The van der Waals surface area contributed by atoms with E-state index in [2.05, 4.69) is 49.2 Å². The fourth-order valence-electron chi connectivity index (χ4n) is 2.62. The van der Waals surface area contributed by atoms with E-state index in [-0.39, 0.29) is 0 Å². The van der Waals surface area contributed by atoms with Gasteiger partial charge in [0.2, 0.25) is 0 Å². The largest absolute Gasteiger partial charge is 0.369 e. The van der Waals surface area contributed by atoms with Gasteiger partial charge in [-0.1, -0.05) is 37.4 Å². The lowest BCUT2D eigenvalue weighted by atomic mass is 10.1. The topological polar surface area (TPSA) is 15.3 Å². The number of unbranched alkanes of at least 4 members (excludes halogenated alkanes) is 2. The summed E-state index contributed by atoms with van der Waals surface area (Å²) in [6.07, 6.45) is 6.43. The van der Waals surface area contributed by atoms with E-state index in [1.807, 2.05) is 0 Å². The molecule has 3 heteroatoms. The third-order valence-electron chi connectivity index (χ3n) is 4.15. The van der Waals surface area contributed by atoms with Crippen molar-refractivity contribution in [2.75, 3.05) is 11.4 Å². The molecule has 0 aromatic heterocycles. The van der Waals surface area contributed by atoms with Crippen molar-refractivity contribution in [3.63, 3.8) is 0 Å². The van der Waals surface area contributed by atoms with Gasteiger partial charge in [-0.3, -0.25) is 0 Å². The smallest absolute Gasteiger partial charge is 0.0471 e. The van der Waals surface area contributed by atoms with Gasteiger partial charge in [0.05, 0.1) is 0 Å². The summed E-state index contributed by atoms with van der Waals surface area (Å²) in [7, 11) is 0. The molecule has 0 spiro atoms. The summed E-state index contributed by atoms with van der Waals surface area (Å²) in [6.45, 7) is 8.76. The Balaban J connectivity index is 2.00. The van der Waals surface area contributed by atoms with E-state index in [0.29, 0.717) is 6.04 Å². The Labute approximate surface area is 134 Å². The summed E-state index contributed by atoms with van der Waals surface area (Å²) in [5.74, 6) is 0. The Morgan fingerprint density at radius 2 is 2.05 bits per heavy atom. The second-order valence-corrected chi connectivity index (χ2v) is 6.83. The molecule has 0 amide bonds. The molecule has 0 atom stereocenters. The fourth-order valence-corrected chi connectivity index (χ4v) is 2.86. The molecule has 1 aliphatic carbocycles. The summed E-state index contributed by atoms with van der Waals surface area (Å²) >= 11 is 6.48. The molecule has 0 heterocycles. The molecule has 0 bridgehead atoms. The molecule has 0 unspecified atom stereocenters. The summed E-state index contributed by atoms with van der Waals surface area (Å²) in [5.41, 5.74) is 2.46. The van der Waals surface area contributed by atoms with Crippen LogP contribution in [0.2, 0.25) is 5.02 Å². The number of nitrogens with one attached hydrogen (secondary N) is 1. The monoisotopic (exact) mass is 308 g/mol. The van der Waals surface area contributed by atoms with Crippen LogP contribution in [0.3, 0.4) is 0 Å². The van der Waals surface area contributed by atoms with Gasteiger partial charge in [-0.15, -0.1) is 0 Å². The first kappa shape index (κ1) is 16.6. The molecule has 0 aliphatic heterocycles.